The van der Waals surface area contributed by atoms with Gasteiger partial charge in [-0.2, -0.15) is 0 Å². The number of hydrogen-bond acceptors (Lipinski definition) is 4. The van der Waals surface area contributed by atoms with Crippen molar-refractivity contribution in [2.75, 3.05) is 26.5 Å². The fourth-order valence-electron chi connectivity index (χ4n) is 1.93. The Kier molecular flexibility index (Phi) is 4.91. The monoisotopic (exact) mass is 264 g/mol. The molecule has 0 aromatic carbocycles. The third-order valence-corrected chi connectivity index (χ3v) is 3.58. The Hall–Kier alpha value is -0.660. The van der Waals surface area contributed by atoms with Gasteiger partial charge >= 0.3 is 0 Å². The summed E-state index contributed by atoms with van der Waals surface area (Å²) in [6.07, 6.45) is 2.21. The molecule has 1 aliphatic rings. The van der Waals surface area contributed by atoms with Crippen molar-refractivity contribution in [1.82, 2.24) is 9.62 Å². The lowest BCUT2D eigenvalue weighted by Crippen LogP contribution is -2.51. The molecule has 1 N–H and O–H groups in total. The first-order valence-electron chi connectivity index (χ1n) is 5.62. The van der Waals surface area contributed by atoms with Crippen molar-refractivity contribution in [3.63, 3.8) is 0 Å². The molecule has 0 saturated carbocycles. The summed E-state index contributed by atoms with van der Waals surface area (Å²) in [5.41, 5.74) is 0. The molecule has 1 rings (SSSR count). The van der Waals surface area contributed by atoms with E-state index in [1.165, 1.54) is 7.11 Å². The van der Waals surface area contributed by atoms with Crippen molar-refractivity contribution in [1.29, 1.82) is 0 Å². The molecule has 2 unspecified atom stereocenters. The van der Waals surface area contributed by atoms with E-state index in [1.54, 1.807) is 11.8 Å². The van der Waals surface area contributed by atoms with E-state index in [4.69, 9.17) is 4.74 Å². The summed E-state index contributed by atoms with van der Waals surface area (Å²) in [5.74, 6) is -0.0903. The summed E-state index contributed by atoms with van der Waals surface area (Å²) < 4.78 is 29.8. The predicted molar refractivity (Wildman–Crippen MR) is 64.1 cm³/mol. The smallest absolute Gasteiger partial charge is 0.251 e. The molecule has 17 heavy (non-hydrogen) atoms. The molecule has 0 radical (unpaired) electrons. The number of hydrogen-bond donors (Lipinski definition) is 1. The molecule has 0 aliphatic carbocycles. The summed E-state index contributed by atoms with van der Waals surface area (Å²) in [7, 11) is -1.73. The lowest BCUT2D eigenvalue weighted by Gasteiger charge is -2.33. The van der Waals surface area contributed by atoms with Crippen LogP contribution in [0.4, 0.5) is 0 Å². The maximum absolute atomic E-state index is 11.9. The third-order valence-electron chi connectivity index (χ3n) is 2.82. The lowest BCUT2D eigenvalue weighted by atomic mass is 10.1. The van der Waals surface area contributed by atoms with Crippen LogP contribution in [0, 0.1) is 0 Å². The molecule has 1 aliphatic heterocycles. The third kappa shape index (κ3) is 4.61. The van der Waals surface area contributed by atoms with E-state index in [0.29, 0.717) is 13.1 Å². The minimum Gasteiger partial charge on any atom is -0.372 e. The second-order valence-electron chi connectivity index (χ2n) is 4.39. The summed E-state index contributed by atoms with van der Waals surface area (Å²) in [6, 6.07) is -0.188. The number of piperidine rings is 1. The Morgan fingerprint density at radius 2 is 2.18 bits per heavy atom. The zero-order chi connectivity index (χ0) is 13.1. The standard InChI is InChI=1S/C10H20N2O4S/c1-8(16-2)10(13)12-6-4-5-9(7-12)11-17(3,14)15/h8-9,11H,4-7H2,1-3H3. The molecule has 0 spiro atoms. The van der Waals surface area contributed by atoms with Gasteiger partial charge in [0.25, 0.3) is 5.91 Å². The Morgan fingerprint density at radius 1 is 1.53 bits per heavy atom. The second-order valence-corrected chi connectivity index (χ2v) is 6.17. The first kappa shape index (κ1) is 14.4. The van der Waals surface area contributed by atoms with Crippen LogP contribution in [0.1, 0.15) is 19.8 Å². The van der Waals surface area contributed by atoms with Crippen LogP contribution in [0.2, 0.25) is 0 Å². The van der Waals surface area contributed by atoms with E-state index in [-0.39, 0.29) is 11.9 Å². The number of nitrogens with zero attached hydrogens (tertiary/aromatic N) is 1. The highest BCUT2D eigenvalue weighted by Gasteiger charge is 2.27. The molecule has 6 nitrogen and oxygen atoms in total. The fourth-order valence-corrected chi connectivity index (χ4v) is 2.73. The van der Waals surface area contributed by atoms with Crippen LogP contribution in [0.25, 0.3) is 0 Å². The predicted octanol–water partition coefficient (Wildman–Crippen LogP) is -0.438. The van der Waals surface area contributed by atoms with Crippen LogP contribution in [0.3, 0.4) is 0 Å². The molecule has 1 amide bonds. The number of carbonyl (C=O) groups is 1. The number of amides is 1. The van der Waals surface area contributed by atoms with Gasteiger partial charge in [-0.3, -0.25) is 4.79 Å². The van der Waals surface area contributed by atoms with Gasteiger partial charge in [0.05, 0.1) is 6.26 Å². The first-order valence-corrected chi connectivity index (χ1v) is 7.51. The molecule has 1 heterocycles. The zero-order valence-corrected chi connectivity index (χ0v) is 11.3. The van der Waals surface area contributed by atoms with Gasteiger partial charge in [-0.25, -0.2) is 13.1 Å². The molecule has 0 bridgehead atoms. The molecule has 2 atom stereocenters. The molecule has 100 valence electrons. The van der Waals surface area contributed by atoms with Crippen molar-refractivity contribution in [2.24, 2.45) is 0 Å². The average Bonchev–Trinajstić information content (AvgIpc) is 2.25. The minimum absolute atomic E-state index is 0.0903. The highest BCUT2D eigenvalue weighted by molar-refractivity contribution is 7.88. The highest BCUT2D eigenvalue weighted by Crippen LogP contribution is 2.12. The van der Waals surface area contributed by atoms with Crippen LogP contribution in [-0.4, -0.2) is 57.8 Å². The number of methoxy groups -OCH3 is 1. The molecule has 0 aromatic rings. The zero-order valence-electron chi connectivity index (χ0n) is 10.5. The summed E-state index contributed by atoms with van der Waals surface area (Å²) in [6.45, 7) is 2.77. The number of sulfonamides is 1. The van der Waals surface area contributed by atoms with Gasteiger partial charge < -0.3 is 9.64 Å². The van der Waals surface area contributed by atoms with Crippen LogP contribution in [-0.2, 0) is 19.6 Å². The molecule has 1 fully saturated rings. The van der Waals surface area contributed by atoms with Crippen molar-refractivity contribution in [3.05, 3.63) is 0 Å². The summed E-state index contributed by atoms with van der Waals surface area (Å²) in [4.78, 5) is 13.5. The van der Waals surface area contributed by atoms with Crippen molar-refractivity contribution < 1.29 is 17.9 Å². The van der Waals surface area contributed by atoms with Crippen LogP contribution >= 0.6 is 0 Å². The fraction of sp³-hybridized carbons (Fsp3) is 0.900. The van der Waals surface area contributed by atoms with Gasteiger partial charge in [0.2, 0.25) is 10.0 Å². The van der Waals surface area contributed by atoms with Gasteiger partial charge in [-0.15, -0.1) is 0 Å². The normalized spacial score (nSPS) is 23.5. The largest absolute Gasteiger partial charge is 0.372 e. The lowest BCUT2D eigenvalue weighted by molar-refractivity contribution is -0.142. The Labute approximate surface area is 102 Å². The van der Waals surface area contributed by atoms with E-state index < -0.39 is 16.1 Å². The van der Waals surface area contributed by atoms with Gasteiger partial charge in [0.15, 0.2) is 0 Å². The minimum atomic E-state index is -3.22. The Morgan fingerprint density at radius 3 is 2.71 bits per heavy atom. The van der Waals surface area contributed by atoms with Crippen molar-refractivity contribution in [3.8, 4) is 0 Å². The number of likely N-dealkylation sites (tertiary alicyclic amines) is 1. The molecule has 7 heteroatoms. The first-order chi connectivity index (χ1) is 7.83. The quantitative estimate of drug-likeness (QED) is 0.747. The topological polar surface area (TPSA) is 75.7 Å². The number of rotatable bonds is 4. The van der Waals surface area contributed by atoms with E-state index in [9.17, 15) is 13.2 Å². The maximum atomic E-state index is 11.9. The second kappa shape index (κ2) is 5.79. The number of nitrogens with one attached hydrogen (secondary N) is 1. The van der Waals surface area contributed by atoms with Crippen LogP contribution in [0.5, 0.6) is 0 Å². The SMILES string of the molecule is COC(C)C(=O)N1CCCC(NS(C)(=O)=O)C1. The van der Waals surface area contributed by atoms with Crippen LogP contribution in [0.15, 0.2) is 0 Å². The van der Waals surface area contributed by atoms with E-state index in [2.05, 4.69) is 4.72 Å². The Balaban J connectivity index is 2.57. The van der Waals surface area contributed by atoms with Crippen molar-refractivity contribution >= 4 is 15.9 Å². The van der Waals surface area contributed by atoms with Gasteiger partial charge in [-0.1, -0.05) is 0 Å². The van der Waals surface area contributed by atoms with E-state index >= 15 is 0 Å². The molecular formula is C10H20N2O4S. The number of ether oxygens (including phenoxy) is 1. The number of carbonyl (C=O) groups excluding carboxylic acids is 1. The van der Waals surface area contributed by atoms with Gasteiger partial charge in [0.1, 0.15) is 6.10 Å². The van der Waals surface area contributed by atoms with Gasteiger partial charge in [0, 0.05) is 26.2 Å². The molecule has 0 aromatic heterocycles. The summed E-state index contributed by atoms with van der Waals surface area (Å²) in [5, 5.41) is 0. The highest BCUT2D eigenvalue weighted by atomic mass is 32.2. The average molecular weight is 264 g/mol. The van der Waals surface area contributed by atoms with Crippen molar-refractivity contribution in [2.45, 2.75) is 31.9 Å². The molecular weight excluding hydrogens is 244 g/mol. The van der Waals surface area contributed by atoms with Gasteiger partial charge in [-0.05, 0) is 19.8 Å². The van der Waals surface area contributed by atoms with Crippen LogP contribution < -0.4 is 4.72 Å². The van der Waals surface area contributed by atoms with E-state index in [1.807, 2.05) is 0 Å². The Bertz CT molecular complexity index is 369. The van der Waals surface area contributed by atoms with E-state index in [0.717, 1.165) is 19.1 Å². The molecule has 1 saturated heterocycles. The maximum Gasteiger partial charge on any atom is 0.251 e. The summed E-state index contributed by atoms with van der Waals surface area (Å²) >= 11 is 0.